The second-order valence-corrected chi connectivity index (χ2v) is 10.4. The summed E-state index contributed by atoms with van der Waals surface area (Å²) in [7, 11) is 1.44. The van der Waals surface area contributed by atoms with Gasteiger partial charge in [-0.25, -0.2) is 0 Å². The number of ether oxygens (including phenoxy) is 1. The van der Waals surface area contributed by atoms with Crippen LogP contribution in [-0.4, -0.2) is 28.9 Å². The molecule has 0 aliphatic carbocycles. The van der Waals surface area contributed by atoms with Crippen LogP contribution >= 0.6 is 0 Å². The van der Waals surface area contributed by atoms with E-state index in [1.165, 1.54) is 7.11 Å². The number of carbonyl (C=O) groups is 2. The summed E-state index contributed by atoms with van der Waals surface area (Å²) in [5.41, 5.74) is 5.52. The van der Waals surface area contributed by atoms with E-state index in [2.05, 4.69) is 26.7 Å². The van der Waals surface area contributed by atoms with Crippen molar-refractivity contribution < 1.29 is 14.3 Å². The number of nitriles is 1. The van der Waals surface area contributed by atoms with Crippen molar-refractivity contribution in [2.75, 3.05) is 12.4 Å². The molecule has 0 aliphatic rings. The fraction of sp³-hybridized carbons (Fsp3) is 0.219. The van der Waals surface area contributed by atoms with Crippen LogP contribution in [0.2, 0.25) is 0 Å². The molecule has 2 heterocycles. The summed E-state index contributed by atoms with van der Waals surface area (Å²) in [5.74, 6) is -0.364. The van der Waals surface area contributed by atoms with Crippen LogP contribution in [0, 0.1) is 18.3 Å². The molecule has 0 bridgehead atoms. The van der Waals surface area contributed by atoms with Crippen molar-refractivity contribution in [3.8, 4) is 22.9 Å². The minimum atomic E-state index is -0.406. The van der Waals surface area contributed by atoms with Crippen molar-refractivity contribution in [1.82, 2.24) is 15.3 Å². The zero-order chi connectivity index (χ0) is 28.9. The third-order valence-corrected chi connectivity index (χ3v) is 6.50. The van der Waals surface area contributed by atoms with Crippen molar-refractivity contribution in [3.05, 3.63) is 107 Å². The minimum Gasteiger partial charge on any atom is -0.495 e. The number of anilines is 1. The Morgan fingerprint density at radius 1 is 1.02 bits per heavy atom. The molecule has 202 valence electrons. The maximum Gasteiger partial charge on any atom is 0.259 e. The van der Waals surface area contributed by atoms with Crippen LogP contribution in [0.1, 0.15) is 63.9 Å². The van der Waals surface area contributed by atoms with E-state index in [0.717, 1.165) is 27.9 Å². The van der Waals surface area contributed by atoms with Gasteiger partial charge in [-0.05, 0) is 65.4 Å². The first-order valence-electron chi connectivity index (χ1n) is 12.8. The maximum atomic E-state index is 13.4. The molecular formula is C32H31N5O3. The lowest BCUT2D eigenvalue weighted by atomic mass is 9.84. The first-order chi connectivity index (χ1) is 19.1. The van der Waals surface area contributed by atoms with Gasteiger partial charge in [-0.2, -0.15) is 5.26 Å². The summed E-state index contributed by atoms with van der Waals surface area (Å²) in [6, 6.07) is 18.4. The van der Waals surface area contributed by atoms with Gasteiger partial charge in [-0.3, -0.25) is 19.6 Å². The SMILES string of the molecule is COc1c(C#N)cc(C(C)(C)C)cc1C(=O)Nc1cnc(C)c(-c2ccc(C(=O)NCc3cccnc3)cc2)c1. The summed E-state index contributed by atoms with van der Waals surface area (Å²) in [5, 5.41) is 15.5. The van der Waals surface area contributed by atoms with E-state index in [9.17, 15) is 14.9 Å². The van der Waals surface area contributed by atoms with Crippen molar-refractivity contribution in [2.24, 2.45) is 0 Å². The van der Waals surface area contributed by atoms with Crippen LogP contribution in [0.5, 0.6) is 5.75 Å². The van der Waals surface area contributed by atoms with Crippen LogP contribution in [0.4, 0.5) is 5.69 Å². The molecule has 2 aromatic carbocycles. The smallest absolute Gasteiger partial charge is 0.259 e. The third kappa shape index (κ3) is 6.33. The molecule has 8 nitrogen and oxygen atoms in total. The van der Waals surface area contributed by atoms with Crippen molar-refractivity contribution in [2.45, 2.75) is 39.7 Å². The Balaban J connectivity index is 1.55. The molecule has 0 saturated carbocycles. The fourth-order valence-electron chi connectivity index (χ4n) is 4.21. The number of pyridine rings is 2. The lowest BCUT2D eigenvalue weighted by molar-refractivity contribution is 0.0950. The zero-order valence-corrected chi connectivity index (χ0v) is 23.2. The average molecular weight is 534 g/mol. The van der Waals surface area contributed by atoms with Gasteiger partial charge in [0.25, 0.3) is 11.8 Å². The molecule has 0 unspecified atom stereocenters. The van der Waals surface area contributed by atoms with E-state index in [1.54, 1.807) is 42.9 Å². The Morgan fingerprint density at radius 3 is 2.40 bits per heavy atom. The minimum absolute atomic E-state index is 0.186. The Bertz CT molecular complexity index is 1580. The van der Waals surface area contributed by atoms with Crippen molar-refractivity contribution in [3.63, 3.8) is 0 Å². The van der Waals surface area contributed by atoms with E-state index in [0.29, 0.717) is 23.4 Å². The first-order valence-corrected chi connectivity index (χ1v) is 12.8. The van der Waals surface area contributed by atoms with Gasteiger partial charge in [0, 0.05) is 35.8 Å². The normalized spacial score (nSPS) is 10.9. The molecule has 2 N–H and O–H groups in total. The molecule has 8 heteroatoms. The second kappa shape index (κ2) is 11.8. The highest BCUT2D eigenvalue weighted by atomic mass is 16.5. The molecule has 0 spiro atoms. The van der Waals surface area contributed by atoms with Crippen LogP contribution in [0.3, 0.4) is 0 Å². The molecule has 0 radical (unpaired) electrons. The van der Waals surface area contributed by atoms with E-state index >= 15 is 0 Å². The predicted octanol–water partition coefficient (Wildman–Crippen LogP) is 5.81. The van der Waals surface area contributed by atoms with Crippen LogP contribution in [-0.2, 0) is 12.0 Å². The Kier molecular flexibility index (Phi) is 8.25. The van der Waals surface area contributed by atoms with Crippen molar-refractivity contribution in [1.29, 1.82) is 5.26 Å². The van der Waals surface area contributed by atoms with E-state index in [1.807, 2.05) is 58.0 Å². The lowest BCUT2D eigenvalue weighted by Crippen LogP contribution is -2.22. The number of amides is 2. The number of hydrogen-bond donors (Lipinski definition) is 2. The van der Waals surface area contributed by atoms with Crippen molar-refractivity contribution >= 4 is 17.5 Å². The van der Waals surface area contributed by atoms with Crippen LogP contribution < -0.4 is 15.4 Å². The number of benzene rings is 2. The average Bonchev–Trinajstić information content (AvgIpc) is 2.96. The van der Waals surface area contributed by atoms with Crippen LogP contribution in [0.15, 0.2) is 73.2 Å². The number of nitrogens with zero attached hydrogens (tertiary/aromatic N) is 3. The molecule has 2 aromatic heterocycles. The van der Waals surface area contributed by atoms with Gasteiger partial charge in [0.05, 0.1) is 30.1 Å². The highest BCUT2D eigenvalue weighted by Crippen LogP contribution is 2.32. The topological polar surface area (TPSA) is 117 Å². The standard InChI is InChI=1S/C32H31N5O3/c1-20-27(22-8-10-23(11-9-22)30(38)36-18-21-7-6-12-34-17-21)15-26(19-35-20)37-31(39)28-14-25(32(2,3)4)13-24(16-33)29(28)40-5/h6-15,17,19H,18H2,1-5H3,(H,36,38)(H,37,39). The van der Waals surface area contributed by atoms with Gasteiger partial charge in [0.2, 0.25) is 0 Å². The highest BCUT2D eigenvalue weighted by molar-refractivity contribution is 6.07. The molecule has 4 rings (SSSR count). The van der Waals surface area contributed by atoms with Gasteiger partial charge in [0.15, 0.2) is 0 Å². The molecule has 0 fully saturated rings. The lowest BCUT2D eigenvalue weighted by Gasteiger charge is -2.22. The van der Waals surface area contributed by atoms with Gasteiger partial charge >= 0.3 is 0 Å². The number of carbonyl (C=O) groups excluding carboxylic acids is 2. The highest BCUT2D eigenvalue weighted by Gasteiger charge is 2.23. The summed E-state index contributed by atoms with van der Waals surface area (Å²) in [6.07, 6.45) is 4.99. The number of aryl methyl sites for hydroxylation is 1. The Labute approximate surface area is 234 Å². The monoisotopic (exact) mass is 533 g/mol. The number of nitrogens with one attached hydrogen (secondary N) is 2. The zero-order valence-electron chi connectivity index (χ0n) is 23.2. The quantitative estimate of drug-likeness (QED) is 0.310. The number of rotatable bonds is 7. The second-order valence-electron chi connectivity index (χ2n) is 10.4. The van der Waals surface area contributed by atoms with Gasteiger partial charge in [-0.15, -0.1) is 0 Å². The largest absolute Gasteiger partial charge is 0.495 e. The number of aromatic nitrogens is 2. The molecule has 4 aromatic rings. The molecule has 0 atom stereocenters. The first kappa shape index (κ1) is 28.0. The fourth-order valence-corrected chi connectivity index (χ4v) is 4.21. The van der Waals surface area contributed by atoms with E-state index < -0.39 is 5.91 Å². The number of hydrogen-bond acceptors (Lipinski definition) is 6. The van der Waals surface area contributed by atoms with E-state index in [4.69, 9.17) is 4.74 Å². The Hall–Kier alpha value is -5.03. The summed E-state index contributed by atoms with van der Waals surface area (Å²) in [6.45, 7) is 8.32. The van der Waals surface area contributed by atoms with E-state index in [-0.39, 0.29) is 22.6 Å². The van der Waals surface area contributed by atoms with Crippen LogP contribution in [0.25, 0.3) is 11.1 Å². The number of methoxy groups -OCH3 is 1. The molecule has 0 aliphatic heterocycles. The third-order valence-electron chi connectivity index (χ3n) is 6.50. The molecule has 40 heavy (non-hydrogen) atoms. The summed E-state index contributed by atoms with van der Waals surface area (Å²) < 4.78 is 5.44. The predicted molar refractivity (Wildman–Crippen MR) is 154 cm³/mol. The van der Waals surface area contributed by atoms with Gasteiger partial charge < -0.3 is 15.4 Å². The molecule has 2 amide bonds. The molecular weight excluding hydrogens is 502 g/mol. The molecule has 0 saturated heterocycles. The maximum absolute atomic E-state index is 13.4. The Morgan fingerprint density at radius 2 is 1.77 bits per heavy atom. The van der Waals surface area contributed by atoms with Gasteiger partial charge in [0.1, 0.15) is 11.8 Å². The summed E-state index contributed by atoms with van der Waals surface area (Å²) in [4.78, 5) is 34.5. The summed E-state index contributed by atoms with van der Waals surface area (Å²) >= 11 is 0. The van der Waals surface area contributed by atoms with Gasteiger partial charge in [-0.1, -0.05) is 39.0 Å².